The Hall–Kier alpha value is -1.65. The lowest BCUT2D eigenvalue weighted by Gasteiger charge is -2.39. The van der Waals surface area contributed by atoms with Gasteiger partial charge in [-0.05, 0) is 44.3 Å². The number of hydrogen-bond acceptors (Lipinski definition) is 3. The average Bonchev–Trinajstić information content (AvgIpc) is 3.13. The van der Waals surface area contributed by atoms with Gasteiger partial charge in [0.05, 0.1) is 6.20 Å². The van der Waals surface area contributed by atoms with Crippen molar-refractivity contribution in [2.24, 2.45) is 0 Å². The first-order valence-electron chi connectivity index (χ1n) is 8.82. The molecule has 0 radical (unpaired) electrons. The third kappa shape index (κ3) is 3.19. The molecule has 1 aromatic heterocycles. The quantitative estimate of drug-likeness (QED) is 0.944. The Bertz CT molecular complexity index is 611. The number of piperidine rings is 1. The second-order valence-electron chi connectivity index (χ2n) is 6.72. The zero-order valence-electron chi connectivity index (χ0n) is 13.6. The van der Waals surface area contributed by atoms with E-state index in [4.69, 9.17) is 4.74 Å². The van der Waals surface area contributed by atoms with Crippen LogP contribution in [-0.4, -0.2) is 47.4 Å². The van der Waals surface area contributed by atoms with Crippen molar-refractivity contribution in [2.45, 2.75) is 37.6 Å². The second kappa shape index (κ2) is 6.85. The van der Waals surface area contributed by atoms with Gasteiger partial charge in [0.2, 0.25) is 0 Å². The minimum absolute atomic E-state index is 0.601. The van der Waals surface area contributed by atoms with Crippen LogP contribution in [0.25, 0.3) is 11.1 Å². The topological polar surface area (TPSA) is 41.2 Å². The normalized spacial score (nSPS) is 21.6. The number of aromatic amines is 1. The maximum Gasteiger partial charge on any atom is 0.0568 e. The Morgan fingerprint density at radius 1 is 1.00 bits per heavy atom. The molecule has 2 saturated heterocycles. The van der Waals surface area contributed by atoms with Crippen LogP contribution in [0.5, 0.6) is 0 Å². The van der Waals surface area contributed by atoms with Crippen molar-refractivity contribution in [1.29, 1.82) is 0 Å². The van der Waals surface area contributed by atoms with Crippen LogP contribution in [0.3, 0.4) is 0 Å². The van der Waals surface area contributed by atoms with Gasteiger partial charge >= 0.3 is 0 Å². The van der Waals surface area contributed by atoms with E-state index >= 15 is 0 Å². The van der Waals surface area contributed by atoms with Gasteiger partial charge in [0.1, 0.15) is 0 Å². The van der Waals surface area contributed by atoms with E-state index in [0.717, 1.165) is 19.3 Å². The van der Waals surface area contributed by atoms with Crippen LogP contribution in [0.4, 0.5) is 0 Å². The minimum atomic E-state index is 0.601. The smallest absolute Gasteiger partial charge is 0.0568 e. The SMILES string of the molecule is c1ccc(-c2cn[nH]c2C2CCN(C3CCOCC3)CC2)cc1. The monoisotopic (exact) mass is 311 g/mol. The minimum Gasteiger partial charge on any atom is -0.381 e. The molecule has 4 nitrogen and oxygen atoms in total. The Balaban J connectivity index is 1.44. The molecule has 0 saturated carbocycles. The van der Waals surface area contributed by atoms with Crippen molar-refractivity contribution in [3.63, 3.8) is 0 Å². The van der Waals surface area contributed by atoms with Gasteiger partial charge in [0.15, 0.2) is 0 Å². The second-order valence-corrected chi connectivity index (χ2v) is 6.72. The molecule has 23 heavy (non-hydrogen) atoms. The predicted octanol–water partition coefficient (Wildman–Crippen LogP) is 3.44. The number of nitrogens with zero attached hydrogens (tertiary/aromatic N) is 2. The lowest BCUT2D eigenvalue weighted by atomic mass is 9.88. The van der Waals surface area contributed by atoms with Gasteiger partial charge in [-0.3, -0.25) is 5.10 Å². The molecule has 1 aromatic carbocycles. The Labute approximate surface area is 137 Å². The van der Waals surface area contributed by atoms with Crippen LogP contribution >= 0.6 is 0 Å². The standard InChI is InChI=1S/C19H25N3O/c1-2-4-15(5-3-1)18-14-20-21-19(18)16-6-10-22(11-7-16)17-8-12-23-13-9-17/h1-5,14,16-17H,6-13H2,(H,20,21). The molecule has 4 heteroatoms. The fourth-order valence-corrected chi connectivity index (χ4v) is 4.06. The summed E-state index contributed by atoms with van der Waals surface area (Å²) in [6.45, 7) is 4.26. The zero-order chi connectivity index (χ0) is 15.5. The summed E-state index contributed by atoms with van der Waals surface area (Å²) < 4.78 is 5.50. The maximum atomic E-state index is 5.50. The zero-order valence-corrected chi connectivity index (χ0v) is 13.6. The number of nitrogens with one attached hydrogen (secondary N) is 1. The van der Waals surface area contributed by atoms with Crippen LogP contribution in [-0.2, 0) is 4.74 Å². The molecule has 1 N–H and O–H groups in total. The van der Waals surface area contributed by atoms with E-state index in [1.54, 1.807) is 0 Å². The highest BCUT2D eigenvalue weighted by Crippen LogP contribution is 2.34. The fraction of sp³-hybridized carbons (Fsp3) is 0.526. The van der Waals surface area contributed by atoms with E-state index in [1.165, 1.54) is 55.6 Å². The number of likely N-dealkylation sites (tertiary alicyclic amines) is 1. The van der Waals surface area contributed by atoms with Gasteiger partial charge in [-0.1, -0.05) is 30.3 Å². The Morgan fingerprint density at radius 2 is 1.74 bits per heavy atom. The maximum absolute atomic E-state index is 5.50. The van der Waals surface area contributed by atoms with Crippen LogP contribution in [0, 0.1) is 0 Å². The van der Waals surface area contributed by atoms with Crippen molar-refractivity contribution < 1.29 is 4.74 Å². The van der Waals surface area contributed by atoms with Crippen molar-refractivity contribution in [3.8, 4) is 11.1 Å². The number of benzene rings is 1. The van der Waals surface area contributed by atoms with Gasteiger partial charge in [-0.2, -0.15) is 5.10 Å². The van der Waals surface area contributed by atoms with Crippen LogP contribution < -0.4 is 0 Å². The predicted molar refractivity (Wildman–Crippen MR) is 91.4 cm³/mol. The molecule has 2 fully saturated rings. The van der Waals surface area contributed by atoms with Gasteiger partial charge < -0.3 is 9.64 Å². The summed E-state index contributed by atoms with van der Waals surface area (Å²) in [6.07, 6.45) is 6.82. The summed E-state index contributed by atoms with van der Waals surface area (Å²) in [4.78, 5) is 2.68. The first-order chi connectivity index (χ1) is 11.4. The third-order valence-electron chi connectivity index (χ3n) is 5.40. The molecule has 3 heterocycles. The summed E-state index contributed by atoms with van der Waals surface area (Å²) >= 11 is 0. The molecule has 2 aliphatic rings. The van der Waals surface area contributed by atoms with Crippen molar-refractivity contribution in [2.75, 3.05) is 26.3 Å². The van der Waals surface area contributed by atoms with Crippen molar-refractivity contribution in [3.05, 3.63) is 42.2 Å². The first-order valence-corrected chi connectivity index (χ1v) is 8.82. The number of aromatic nitrogens is 2. The molecule has 0 amide bonds. The molecular weight excluding hydrogens is 286 g/mol. The third-order valence-corrected chi connectivity index (χ3v) is 5.40. The van der Waals surface area contributed by atoms with E-state index in [1.807, 2.05) is 6.20 Å². The first kappa shape index (κ1) is 14.9. The van der Waals surface area contributed by atoms with E-state index in [0.29, 0.717) is 5.92 Å². The van der Waals surface area contributed by atoms with Crippen molar-refractivity contribution in [1.82, 2.24) is 15.1 Å². The van der Waals surface area contributed by atoms with Gasteiger partial charge in [0, 0.05) is 36.4 Å². The summed E-state index contributed by atoms with van der Waals surface area (Å²) in [6, 6.07) is 11.3. The molecular formula is C19H25N3O. The highest BCUT2D eigenvalue weighted by atomic mass is 16.5. The molecule has 122 valence electrons. The Morgan fingerprint density at radius 3 is 2.48 bits per heavy atom. The largest absolute Gasteiger partial charge is 0.381 e. The number of H-pyrrole nitrogens is 1. The number of rotatable bonds is 3. The molecule has 0 unspecified atom stereocenters. The number of hydrogen-bond donors (Lipinski definition) is 1. The van der Waals surface area contributed by atoms with Gasteiger partial charge in [-0.15, -0.1) is 0 Å². The molecule has 0 atom stereocenters. The van der Waals surface area contributed by atoms with E-state index in [2.05, 4.69) is 45.4 Å². The lowest BCUT2D eigenvalue weighted by molar-refractivity contribution is 0.0250. The molecule has 0 spiro atoms. The molecule has 0 bridgehead atoms. The highest BCUT2D eigenvalue weighted by Gasteiger charge is 2.28. The number of ether oxygens (including phenoxy) is 1. The highest BCUT2D eigenvalue weighted by molar-refractivity contribution is 5.65. The lowest BCUT2D eigenvalue weighted by Crippen LogP contribution is -2.43. The fourth-order valence-electron chi connectivity index (χ4n) is 4.06. The summed E-state index contributed by atoms with van der Waals surface area (Å²) in [5, 5.41) is 7.61. The summed E-state index contributed by atoms with van der Waals surface area (Å²) in [5.74, 6) is 0.601. The molecule has 0 aliphatic carbocycles. The van der Waals surface area contributed by atoms with Crippen LogP contribution in [0.2, 0.25) is 0 Å². The van der Waals surface area contributed by atoms with E-state index in [-0.39, 0.29) is 0 Å². The Kier molecular flexibility index (Phi) is 4.44. The van der Waals surface area contributed by atoms with E-state index < -0.39 is 0 Å². The molecule has 2 aliphatic heterocycles. The van der Waals surface area contributed by atoms with Gasteiger partial charge in [0.25, 0.3) is 0 Å². The summed E-state index contributed by atoms with van der Waals surface area (Å²) in [5.41, 5.74) is 3.86. The molecule has 4 rings (SSSR count). The van der Waals surface area contributed by atoms with Crippen molar-refractivity contribution >= 4 is 0 Å². The summed E-state index contributed by atoms with van der Waals surface area (Å²) in [7, 11) is 0. The van der Waals surface area contributed by atoms with E-state index in [9.17, 15) is 0 Å². The average molecular weight is 311 g/mol. The van der Waals surface area contributed by atoms with Crippen LogP contribution in [0.1, 0.15) is 37.3 Å². The molecule has 2 aromatic rings. The van der Waals surface area contributed by atoms with Crippen LogP contribution in [0.15, 0.2) is 36.5 Å². The van der Waals surface area contributed by atoms with Gasteiger partial charge in [-0.25, -0.2) is 0 Å².